The zero-order valence-electron chi connectivity index (χ0n) is 35.4. The molecule has 10 aromatic rings. The summed E-state index contributed by atoms with van der Waals surface area (Å²) in [4.78, 5) is 2.58. The number of rotatable bonds is 4. The third kappa shape index (κ3) is 5.09. The van der Waals surface area contributed by atoms with Crippen LogP contribution in [0, 0.1) is 0 Å². The number of furan rings is 1. The van der Waals surface area contributed by atoms with Gasteiger partial charge in [0.15, 0.2) is 12.9 Å². The molecule has 2 aliphatic heterocycles. The van der Waals surface area contributed by atoms with Crippen LogP contribution in [0.3, 0.4) is 0 Å². The van der Waals surface area contributed by atoms with E-state index < -0.39 is 5.41 Å². The van der Waals surface area contributed by atoms with E-state index in [0.29, 0.717) is 0 Å². The molecule has 13 rings (SSSR count). The quantitative estimate of drug-likeness (QED) is 0.180. The van der Waals surface area contributed by atoms with E-state index in [1.807, 2.05) is 6.07 Å². The SMILES string of the molecule is CC(C)(C)c1cc(-c2ccc3c(oc4ccccc43)c2Nc2ccc(-c3ccccc3)cc2)c2c(c1)N1c3ccccc3C3(c4ccccc4-c4ccccc43)c3cccc(c31)[B]2. The van der Waals surface area contributed by atoms with Gasteiger partial charge in [-0.15, -0.1) is 0 Å². The van der Waals surface area contributed by atoms with Crippen LogP contribution >= 0.6 is 0 Å². The molecule has 1 aliphatic carbocycles. The fraction of sp³-hybridized carbons (Fsp3) is 0.0847. The molecule has 0 fully saturated rings. The van der Waals surface area contributed by atoms with Crippen LogP contribution in [0.15, 0.2) is 199 Å². The monoisotopic (exact) mass is 805 g/mol. The molecule has 1 aromatic heterocycles. The summed E-state index contributed by atoms with van der Waals surface area (Å²) in [5, 5.41) is 6.12. The highest BCUT2D eigenvalue weighted by atomic mass is 16.3. The van der Waals surface area contributed by atoms with Gasteiger partial charge in [-0.05, 0) is 103 Å². The first-order chi connectivity index (χ1) is 30.9. The molecule has 0 bridgehead atoms. The van der Waals surface area contributed by atoms with Gasteiger partial charge in [-0.1, -0.05) is 184 Å². The minimum Gasteiger partial charge on any atom is -0.454 e. The number of fused-ring (bicyclic) bond motifs is 14. The first kappa shape index (κ1) is 36.1. The van der Waals surface area contributed by atoms with Gasteiger partial charge in [-0.3, -0.25) is 0 Å². The Bertz CT molecular complexity index is 3460. The first-order valence-corrected chi connectivity index (χ1v) is 22.0. The molecular weight excluding hydrogens is 763 g/mol. The molecule has 0 unspecified atom stereocenters. The Hall–Kier alpha value is -7.56. The van der Waals surface area contributed by atoms with Crippen LogP contribution < -0.4 is 21.1 Å². The van der Waals surface area contributed by atoms with Crippen LogP contribution in [0.2, 0.25) is 0 Å². The highest BCUT2D eigenvalue weighted by Gasteiger charge is 2.53. The largest absolute Gasteiger partial charge is 0.454 e. The molecule has 0 atom stereocenters. The zero-order valence-corrected chi connectivity index (χ0v) is 35.4. The van der Waals surface area contributed by atoms with Crippen molar-refractivity contribution >= 4 is 68.6 Å². The number of nitrogens with one attached hydrogen (secondary N) is 1. The molecule has 0 saturated heterocycles. The summed E-state index contributed by atoms with van der Waals surface area (Å²) in [5.41, 5.74) is 22.9. The predicted octanol–water partition coefficient (Wildman–Crippen LogP) is 14.1. The smallest absolute Gasteiger partial charge is 0.197 e. The molecule has 4 heteroatoms. The van der Waals surface area contributed by atoms with Crippen molar-refractivity contribution in [2.75, 3.05) is 10.2 Å². The highest BCUT2D eigenvalue weighted by molar-refractivity contribution is 6.73. The average molecular weight is 806 g/mol. The second-order valence-corrected chi connectivity index (χ2v) is 18.3. The maximum atomic E-state index is 6.85. The van der Waals surface area contributed by atoms with Crippen molar-refractivity contribution in [2.45, 2.75) is 31.6 Å². The Kier molecular flexibility index (Phi) is 7.58. The minimum atomic E-state index is -0.471. The van der Waals surface area contributed by atoms with Crippen LogP contribution in [0.1, 0.15) is 48.6 Å². The van der Waals surface area contributed by atoms with Crippen LogP contribution in [0.4, 0.5) is 28.4 Å². The molecule has 9 aromatic carbocycles. The molecule has 1 radical (unpaired) electrons. The summed E-state index contributed by atoms with van der Waals surface area (Å²) in [6, 6.07) is 71.3. The van der Waals surface area contributed by atoms with Gasteiger partial charge in [0.05, 0.1) is 16.8 Å². The molecule has 297 valence electrons. The van der Waals surface area contributed by atoms with E-state index in [1.54, 1.807) is 0 Å². The average Bonchev–Trinajstić information content (AvgIpc) is 3.85. The summed E-state index contributed by atoms with van der Waals surface area (Å²) in [5.74, 6) is 0. The van der Waals surface area contributed by atoms with Crippen molar-refractivity contribution in [3.05, 3.63) is 222 Å². The lowest BCUT2D eigenvalue weighted by atomic mass is 9.54. The van der Waals surface area contributed by atoms with E-state index in [9.17, 15) is 0 Å². The van der Waals surface area contributed by atoms with E-state index in [1.165, 1.54) is 78.1 Å². The Balaban J connectivity index is 1.06. The number of anilines is 5. The van der Waals surface area contributed by atoms with Gasteiger partial charge in [0.25, 0.3) is 0 Å². The van der Waals surface area contributed by atoms with Gasteiger partial charge in [0.1, 0.15) is 5.58 Å². The molecule has 3 heterocycles. The number of hydrogen-bond donors (Lipinski definition) is 1. The number of hydrogen-bond acceptors (Lipinski definition) is 3. The van der Waals surface area contributed by atoms with Crippen LogP contribution in [-0.2, 0) is 10.8 Å². The predicted molar refractivity (Wildman–Crippen MR) is 264 cm³/mol. The summed E-state index contributed by atoms with van der Waals surface area (Å²) >= 11 is 0. The van der Waals surface area contributed by atoms with Crippen molar-refractivity contribution < 1.29 is 4.42 Å². The van der Waals surface area contributed by atoms with E-state index in [4.69, 9.17) is 4.42 Å². The third-order valence-corrected chi connectivity index (χ3v) is 13.9. The van der Waals surface area contributed by atoms with Gasteiger partial charge in [-0.25, -0.2) is 0 Å². The number of para-hydroxylation sites is 3. The lowest BCUT2D eigenvalue weighted by Gasteiger charge is -2.48. The zero-order chi connectivity index (χ0) is 42.0. The van der Waals surface area contributed by atoms with Crippen molar-refractivity contribution in [1.82, 2.24) is 0 Å². The Morgan fingerprint density at radius 3 is 1.92 bits per heavy atom. The maximum Gasteiger partial charge on any atom is 0.197 e. The van der Waals surface area contributed by atoms with Crippen LogP contribution in [-0.4, -0.2) is 7.28 Å². The van der Waals surface area contributed by atoms with Gasteiger partial charge in [-0.2, -0.15) is 0 Å². The summed E-state index contributed by atoms with van der Waals surface area (Å²) < 4.78 is 6.85. The van der Waals surface area contributed by atoms with Crippen molar-refractivity contribution in [3.63, 3.8) is 0 Å². The van der Waals surface area contributed by atoms with Crippen molar-refractivity contribution in [1.29, 1.82) is 0 Å². The molecule has 0 saturated carbocycles. The summed E-state index contributed by atoms with van der Waals surface area (Å²) in [6.45, 7) is 6.98. The fourth-order valence-electron chi connectivity index (χ4n) is 11.0. The van der Waals surface area contributed by atoms with Crippen LogP contribution in [0.5, 0.6) is 0 Å². The van der Waals surface area contributed by atoms with Gasteiger partial charge in [0.2, 0.25) is 0 Å². The van der Waals surface area contributed by atoms with Crippen molar-refractivity contribution in [2.24, 2.45) is 0 Å². The normalized spacial score (nSPS) is 13.9. The molecule has 3 aliphatic rings. The van der Waals surface area contributed by atoms with Crippen LogP contribution in [0.25, 0.3) is 55.3 Å². The van der Waals surface area contributed by atoms with E-state index in [-0.39, 0.29) is 5.41 Å². The van der Waals surface area contributed by atoms with E-state index in [2.05, 4.69) is 226 Å². The Morgan fingerprint density at radius 2 is 1.16 bits per heavy atom. The van der Waals surface area contributed by atoms with Gasteiger partial charge < -0.3 is 14.6 Å². The Labute approximate surface area is 368 Å². The summed E-state index contributed by atoms with van der Waals surface area (Å²) in [6.07, 6.45) is 0. The van der Waals surface area contributed by atoms with Gasteiger partial charge >= 0.3 is 0 Å². The molecule has 1 spiro atoms. The molecule has 0 amide bonds. The minimum absolute atomic E-state index is 0.145. The van der Waals surface area contributed by atoms with E-state index in [0.717, 1.165) is 44.4 Å². The number of nitrogens with zero attached hydrogens (tertiary/aromatic N) is 1. The molecule has 1 N–H and O–H groups in total. The standard InChI is InChI=1S/C59H42BN2O/c1-58(2,3)38-34-45(43-32-33-44-42-20-9-14-27-53(42)63-57(44)55(43)61-39-30-28-37(29-31-39)36-16-5-4-6-17-36)54-52(35-38)62-51-26-13-12-23-48(51)59(49-24-15-25-50(60-54)56(49)62)46-21-10-7-18-40(46)41-19-8-11-22-47(41)59/h4-35,61H,1-3H3. The fourth-order valence-corrected chi connectivity index (χ4v) is 11.0. The maximum absolute atomic E-state index is 6.85. The van der Waals surface area contributed by atoms with E-state index >= 15 is 0 Å². The third-order valence-electron chi connectivity index (χ3n) is 13.9. The molecule has 3 nitrogen and oxygen atoms in total. The highest BCUT2D eigenvalue weighted by Crippen LogP contribution is 2.63. The summed E-state index contributed by atoms with van der Waals surface area (Å²) in [7, 11) is 2.45. The second kappa shape index (κ2) is 13.2. The Morgan fingerprint density at radius 1 is 0.508 bits per heavy atom. The van der Waals surface area contributed by atoms with Crippen molar-refractivity contribution in [3.8, 4) is 33.4 Å². The lowest BCUT2D eigenvalue weighted by molar-refractivity contribution is 0.590. The van der Waals surface area contributed by atoms with Gasteiger partial charge in [0, 0.05) is 33.4 Å². The number of benzene rings is 9. The molecular formula is C59H42BN2O. The second-order valence-electron chi connectivity index (χ2n) is 18.3. The first-order valence-electron chi connectivity index (χ1n) is 22.0. The lowest BCUT2D eigenvalue weighted by Crippen LogP contribution is -2.47. The topological polar surface area (TPSA) is 28.4 Å². The molecule has 63 heavy (non-hydrogen) atoms.